The molecule has 1 aliphatic rings. The second-order valence-electron chi connectivity index (χ2n) is 5.29. The molecular formula is C15H20N2O4. The molecular weight excluding hydrogens is 272 g/mol. The minimum absolute atomic E-state index is 0.110. The Morgan fingerprint density at radius 2 is 1.81 bits per heavy atom. The third kappa shape index (κ3) is 3.16. The van der Waals surface area contributed by atoms with Crippen LogP contribution in [0.25, 0.3) is 0 Å². The summed E-state index contributed by atoms with van der Waals surface area (Å²) in [5.41, 5.74) is 1.07. The van der Waals surface area contributed by atoms with Crippen LogP contribution in [-0.2, 0) is 4.79 Å². The number of carboxylic acids is 1. The van der Waals surface area contributed by atoms with Gasteiger partial charge in [-0.1, -0.05) is 6.07 Å². The molecule has 6 heteroatoms. The summed E-state index contributed by atoms with van der Waals surface area (Å²) in [7, 11) is 0. The molecule has 1 heterocycles. The number of aliphatic carboxylic acids is 1. The lowest BCUT2D eigenvalue weighted by atomic mass is 10.1. The van der Waals surface area contributed by atoms with E-state index in [2.05, 4.69) is 0 Å². The highest BCUT2D eigenvalue weighted by molar-refractivity contribution is 5.96. The van der Waals surface area contributed by atoms with Crippen molar-refractivity contribution in [1.29, 1.82) is 0 Å². The Kier molecular flexibility index (Phi) is 4.47. The zero-order valence-corrected chi connectivity index (χ0v) is 12.2. The number of carbonyl (C=O) groups is 2. The second-order valence-corrected chi connectivity index (χ2v) is 5.29. The molecule has 1 aromatic carbocycles. The van der Waals surface area contributed by atoms with Gasteiger partial charge in [-0.3, -0.25) is 14.5 Å². The van der Waals surface area contributed by atoms with E-state index in [0.717, 1.165) is 0 Å². The smallest absolute Gasteiger partial charge is 0.320 e. The molecule has 0 saturated carbocycles. The predicted molar refractivity (Wildman–Crippen MR) is 77.4 cm³/mol. The van der Waals surface area contributed by atoms with E-state index in [1.807, 2.05) is 4.90 Å². The van der Waals surface area contributed by atoms with Crippen molar-refractivity contribution in [3.8, 4) is 5.75 Å². The standard InChI is InChI=1S/C15H20N2O4/c1-10-12(4-3-5-13(10)18)14(19)17-8-6-16(7-9-17)11(2)15(20)21/h3-5,11,18H,6-9H2,1-2H3,(H,20,21). The van der Waals surface area contributed by atoms with Crippen LogP contribution in [0.15, 0.2) is 18.2 Å². The number of benzene rings is 1. The molecule has 0 spiro atoms. The van der Waals surface area contributed by atoms with Gasteiger partial charge in [0.15, 0.2) is 0 Å². The van der Waals surface area contributed by atoms with Crippen molar-refractivity contribution in [3.05, 3.63) is 29.3 Å². The SMILES string of the molecule is Cc1c(O)cccc1C(=O)N1CCN(C(C)C(=O)O)CC1. The van der Waals surface area contributed by atoms with E-state index in [4.69, 9.17) is 5.11 Å². The summed E-state index contributed by atoms with van der Waals surface area (Å²) in [6.45, 7) is 5.43. The maximum absolute atomic E-state index is 12.5. The largest absolute Gasteiger partial charge is 0.508 e. The Bertz CT molecular complexity index is 551. The number of piperazine rings is 1. The van der Waals surface area contributed by atoms with Crippen molar-refractivity contribution in [2.75, 3.05) is 26.2 Å². The summed E-state index contributed by atoms with van der Waals surface area (Å²) >= 11 is 0. The molecule has 2 rings (SSSR count). The Balaban J connectivity index is 2.04. The van der Waals surface area contributed by atoms with Gasteiger partial charge in [0.25, 0.3) is 5.91 Å². The molecule has 1 fully saturated rings. The number of carbonyl (C=O) groups excluding carboxylic acids is 1. The Morgan fingerprint density at radius 3 is 2.38 bits per heavy atom. The van der Waals surface area contributed by atoms with Crippen LogP contribution < -0.4 is 0 Å². The zero-order chi connectivity index (χ0) is 15.6. The van der Waals surface area contributed by atoms with Crippen LogP contribution in [-0.4, -0.2) is 64.1 Å². The average Bonchev–Trinajstić information content (AvgIpc) is 2.48. The molecule has 1 aromatic rings. The van der Waals surface area contributed by atoms with Gasteiger partial charge in [0.05, 0.1) is 0 Å². The molecule has 1 amide bonds. The topological polar surface area (TPSA) is 81.1 Å². The number of phenols is 1. The van der Waals surface area contributed by atoms with E-state index in [9.17, 15) is 14.7 Å². The maximum Gasteiger partial charge on any atom is 0.320 e. The van der Waals surface area contributed by atoms with Crippen LogP contribution in [0.5, 0.6) is 5.75 Å². The minimum Gasteiger partial charge on any atom is -0.508 e. The molecule has 1 saturated heterocycles. The highest BCUT2D eigenvalue weighted by Crippen LogP contribution is 2.21. The summed E-state index contributed by atoms with van der Waals surface area (Å²) in [4.78, 5) is 27.0. The fraction of sp³-hybridized carbons (Fsp3) is 0.467. The quantitative estimate of drug-likeness (QED) is 0.866. The van der Waals surface area contributed by atoms with Gasteiger partial charge in [0.1, 0.15) is 11.8 Å². The molecule has 0 radical (unpaired) electrons. The first-order valence-corrected chi connectivity index (χ1v) is 6.96. The average molecular weight is 292 g/mol. The van der Waals surface area contributed by atoms with Gasteiger partial charge in [-0.2, -0.15) is 0 Å². The highest BCUT2D eigenvalue weighted by Gasteiger charge is 2.28. The first kappa shape index (κ1) is 15.3. The molecule has 1 atom stereocenters. The number of aromatic hydroxyl groups is 1. The van der Waals surface area contributed by atoms with Crippen LogP contribution in [0.3, 0.4) is 0 Å². The van der Waals surface area contributed by atoms with E-state index < -0.39 is 12.0 Å². The fourth-order valence-corrected chi connectivity index (χ4v) is 2.49. The monoisotopic (exact) mass is 292 g/mol. The number of hydrogen-bond acceptors (Lipinski definition) is 4. The van der Waals surface area contributed by atoms with Crippen LogP contribution >= 0.6 is 0 Å². The molecule has 1 unspecified atom stereocenters. The van der Waals surface area contributed by atoms with Gasteiger partial charge in [0, 0.05) is 37.3 Å². The third-order valence-electron chi connectivity index (χ3n) is 4.04. The molecule has 6 nitrogen and oxygen atoms in total. The minimum atomic E-state index is -0.849. The Labute approximate surface area is 123 Å². The number of phenolic OH excluding ortho intramolecular Hbond substituents is 1. The summed E-state index contributed by atoms with van der Waals surface area (Å²) in [5, 5.41) is 18.7. The fourth-order valence-electron chi connectivity index (χ4n) is 2.49. The Hall–Kier alpha value is -2.08. The number of carboxylic acid groups (broad SMARTS) is 1. The molecule has 0 bridgehead atoms. The molecule has 2 N–H and O–H groups in total. The van der Waals surface area contributed by atoms with Gasteiger partial charge in [-0.25, -0.2) is 0 Å². The second kappa shape index (κ2) is 6.13. The van der Waals surface area contributed by atoms with Crippen LogP contribution in [0, 0.1) is 6.92 Å². The lowest BCUT2D eigenvalue weighted by molar-refractivity contribution is -0.143. The number of rotatable bonds is 3. The first-order chi connectivity index (χ1) is 9.91. The normalized spacial score (nSPS) is 17.5. The number of hydrogen-bond donors (Lipinski definition) is 2. The number of amides is 1. The van der Waals surface area contributed by atoms with Crippen LogP contribution in [0.2, 0.25) is 0 Å². The molecule has 1 aliphatic heterocycles. The van der Waals surface area contributed by atoms with Gasteiger partial charge >= 0.3 is 5.97 Å². The van der Waals surface area contributed by atoms with Gasteiger partial charge in [-0.15, -0.1) is 0 Å². The van der Waals surface area contributed by atoms with Crippen molar-refractivity contribution in [2.24, 2.45) is 0 Å². The van der Waals surface area contributed by atoms with Crippen molar-refractivity contribution in [3.63, 3.8) is 0 Å². The zero-order valence-electron chi connectivity index (χ0n) is 12.2. The molecule has 0 aromatic heterocycles. The highest BCUT2D eigenvalue weighted by atomic mass is 16.4. The maximum atomic E-state index is 12.5. The summed E-state index contributed by atoms with van der Waals surface area (Å²) < 4.78 is 0. The third-order valence-corrected chi connectivity index (χ3v) is 4.04. The molecule has 114 valence electrons. The van der Waals surface area contributed by atoms with Crippen molar-refractivity contribution < 1.29 is 19.8 Å². The van der Waals surface area contributed by atoms with E-state index >= 15 is 0 Å². The lowest BCUT2D eigenvalue weighted by Gasteiger charge is -2.36. The van der Waals surface area contributed by atoms with E-state index in [0.29, 0.717) is 37.3 Å². The number of nitrogens with zero attached hydrogens (tertiary/aromatic N) is 2. The van der Waals surface area contributed by atoms with E-state index in [1.165, 1.54) is 0 Å². The van der Waals surface area contributed by atoms with E-state index in [-0.39, 0.29) is 11.7 Å². The summed E-state index contributed by atoms with van der Waals surface area (Å²) in [6.07, 6.45) is 0. The first-order valence-electron chi connectivity index (χ1n) is 6.96. The van der Waals surface area contributed by atoms with Gasteiger partial charge in [0.2, 0.25) is 0 Å². The Morgan fingerprint density at radius 1 is 1.19 bits per heavy atom. The van der Waals surface area contributed by atoms with Gasteiger partial charge < -0.3 is 15.1 Å². The van der Waals surface area contributed by atoms with E-state index in [1.54, 1.807) is 36.9 Å². The van der Waals surface area contributed by atoms with Crippen molar-refractivity contribution >= 4 is 11.9 Å². The van der Waals surface area contributed by atoms with Crippen molar-refractivity contribution in [2.45, 2.75) is 19.9 Å². The summed E-state index contributed by atoms with van der Waals surface area (Å²) in [5.74, 6) is -0.858. The molecule has 0 aliphatic carbocycles. The van der Waals surface area contributed by atoms with Gasteiger partial charge in [-0.05, 0) is 26.0 Å². The lowest BCUT2D eigenvalue weighted by Crippen LogP contribution is -2.53. The summed E-state index contributed by atoms with van der Waals surface area (Å²) in [6, 6.07) is 4.37. The predicted octanol–water partition coefficient (Wildman–Crippen LogP) is 0.932. The van der Waals surface area contributed by atoms with Crippen LogP contribution in [0.4, 0.5) is 0 Å². The van der Waals surface area contributed by atoms with Crippen LogP contribution in [0.1, 0.15) is 22.8 Å². The molecule has 21 heavy (non-hydrogen) atoms. The van der Waals surface area contributed by atoms with Crippen molar-refractivity contribution in [1.82, 2.24) is 9.80 Å².